The van der Waals surface area contributed by atoms with Crippen LogP contribution >= 0.6 is 15.9 Å². The van der Waals surface area contributed by atoms with Crippen molar-refractivity contribution in [3.63, 3.8) is 0 Å². The molecule has 0 fully saturated rings. The van der Waals surface area contributed by atoms with Crippen LogP contribution in [0.25, 0.3) is 11.1 Å². The minimum atomic E-state index is -0.239. The molecule has 1 aromatic carbocycles. The van der Waals surface area contributed by atoms with Crippen LogP contribution in [0.2, 0.25) is 0 Å². The first-order chi connectivity index (χ1) is 8.08. The predicted molar refractivity (Wildman–Crippen MR) is 70.2 cm³/mol. The van der Waals surface area contributed by atoms with Crippen LogP contribution in [0, 0.1) is 11.7 Å². The molecule has 0 saturated heterocycles. The predicted octanol–water partition coefficient (Wildman–Crippen LogP) is 4.11. The van der Waals surface area contributed by atoms with Gasteiger partial charge in [0.1, 0.15) is 5.82 Å². The van der Waals surface area contributed by atoms with E-state index < -0.39 is 0 Å². The Bertz CT molecular complexity index is 520. The Morgan fingerprint density at radius 2 is 2.18 bits per heavy atom. The first kappa shape index (κ1) is 12.3. The summed E-state index contributed by atoms with van der Waals surface area (Å²) in [4.78, 5) is 0. The number of nitrogens with zero attached hydrogens (tertiary/aromatic N) is 2. The van der Waals surface area contributed by atoms with E-state index in [9.17, 15) is 4.39 Å². The zero-order chi connectivity index (χ0) is 12.4. The van der Waals surface area contributed by atoms with Gasteiger partial charge in [0.25, 0.3) is 0 Å². The van der Waals surface area contributed by atoms with Crippen LogP contribution in [0.5, 0.6) is 0 Å². The van der Waals surface area contributed by atoms with Crippen LogP contribution < -0.4 is 0 Å². The van der Waals surface area contributed by atoms with Gasteiger partial charge in [0.2, 0.25) is 0 Å². The van der Waals surface area contributed by atoms with Gasteiger partial charge in [-0.15, -0.1) is 0 Å². The summed E-state index contributed by atoms with van der Waals surface area (Å²) in [6.45, 7) is 5.09. The smallest absolute Gasteiger partial charge is 0.145 e. The molecule has 2 nitrogen and oxygen atoms in total. The van der Waals surface area contributed by atoms with E-state index in [1.165, 1.54) is 0 Å². The second-order valence-corrected chi connectivity index (χ2v) is 5.30. The summed E-state index contributed by atoms with van der Waals surface area (Å²) >= 11 is 3.19. The standard InChI is InChI=1S/C13H14BrFN2/c1-9(2)7-17-8-10(6-16-17)11-4-3-5-12(14)13(11)15/h3-6,8-9H,7H2,1-2H3. The molecule has 0 bridgehead atoms. The number of hydrogen-bond donors (Lipinski definition) is 0. The van der Waals surface area contributed by atoms with E-state index in [-0.39, 0.29) is 5.82 Å². The van der Waals surface area contributed by atoms with E-state index >= 15 is 0 Å². The van der Waals surface area contributed by atoms with Gasteiger partial charge in [0.05, 0.1) is 10.7 Å². The second kappa shape index (κ2) is 5.00. The Labute approximate surface area is 109 Å². The second-order valence-electron chi connectivity index (χ2n) is 4.45. The monoisotopic (exact) mass is 296 g/mol. The zero-order valence-corrected chi connectivity index (χ0v) is 11.4. The highest BCUT2D eigenvalue weighted by atomic mass is 79.9. The van der Waals surface area contributed by atoms with Crippen molar-refractivity contribution in [3.05, 3.63) is 40.9 Å². The van der Waals surface area contributed by atoms with E-state index in [0.717, 1.165) is 12.1 Å². The van der Waals surface area contributed by atoms with Gasteiger partial charge in [-0.1, -0.05) is 26.0 Å². The molecule has 0 N–H and O–H groups in total. The lowest BCUT2D eigenvalue weighted by Crippen LogP contribution is -2.04. The maximum absolute atomic E-state index is 13.9. The molecule has 1 heterocycles. The van der Waals surface area contributed by atoms with Crippen molar-refractivity contribution in [1.29, 1.82) is 0 Å². The van der Waals surface area contributed by atoms with Gasteiger partial charge in [-0.25, -0.2) is 4.39 Å². The molecule has 0 radical (unpaired) electrons. The van der Waals surface area contributed by atoms with Gasteiger partial charge in [-0.2, -0.15) is 5.10 Å². The molecule has 0 spiro atoms. The van der Waals surface area contributed by atoms with Crippen molar-refractivity contribution in [2.45, 2.75) is 20.4 Å². The van der Waals surface area contributed by atoms with Gasteiger partial charge in [-0.05, 0) is 27.9 Å². The third-order valence-corrected chi connectivity index (χ3v) is 3.06. The van der Waals surface area contributed by atoms with Gasteiger partial charge >= 0.3 is 0 Å². The molecule has 0 atom stereocenters. The highest BCUT2D eigenvalue weighted by Crippen LogP contribution is 2.27. The van der Waals surface area contributed by atoms with Gasteiger partial charge in [0.15, 0.2) is 0 Å². The quantitative estimate of drug-likeness (QED) is 0.833. The van der Waals surface area contributed by atoms with Crippen LogP contribution in [-0.4, -0.2) is 9.78 Å². The largest absolute Gasteiger partial charge is 0.272 e. The fourth-order valence-corrected chi connectivity index (χ4v) is 2.07. The molecular weight excluding hydrogens is 283 g/mol. The van der Waals surface area contributed by atoms with E-state index in [1.807, 2.05) is 16.9 Å². The van der Waals surface area contributed by atoms with Gasteiger partial charge in [-0.3, -0.25) is 4.68 Å². The number of rotatable bonds is 3. The molecule has 17 heavy (non-hydrogen) atoms. The summed E-state index contributed by atoms with van der Waals surface area (Å²) in [6.07, 6.45) is 3.58. The Balaban J connectivity index is 2.34. The summed E-state index contributed by atoms with van der Waals surface area (Å²) in [5.74, 6) is 0.284. The van der Waals surface area contributed by atoms with Crippen LogP contribution in [0.3, 0.4) is 0 Å². The first-order valence-corrected chi connectivity index (χ1v) is 6.34. The molecule has 90 valence electrons. The summed E-state index contributed by atoms with van der Waals surface area (Å²) in [5, 5.41) is 4.24. The molecule has 2 rings (SSSR count). The van der Waals surface area contributed by atoms with Crippen LogP contribution in [0.1, 0.15) is 13.8 Å². The lowest BCUT2D eigenvalue weighted by Gasteiger charge is -2.04. The Hall–Kier alpha value is -1.16. The fourth-order valence-electron chi connectivity index (χ4n) is 1.70. The molecule has 2 aromatic rings. The lowest BCUT2D eigenvalue weighted by molar-refractivity contribution is 0.483. The van der Waals surface area contributed by atoms with Gasteiger partial charge in [0, 0.05) is 23.9 Å². The summed E-state index contributed by atoms with van der Waals surface area (Å²) in [6, 6.07) is 5.27. The normalized spacial score (nSPS) is 11.1. The molecule has 0 amide bonds. The number of halogens is 2. The molecule has 0 unspecified atom stereocenters. The third-order valence-electron chi connectivity index (χ3n) is 2.45. The number of benzene rings is 1. The lowest BCUT2D eigenvalue weighted by atomic mass is 10.1. The maximum Gasteiger partial charge on any atom is 0.145 e. The topological polar surface area (TPSA) is 17.8 Å². The average Bonchev–Trinajstić information content (AvgIpc) is 2.69. The van der Waals surface area contributed by atoms with Gasteiger partial charge < -0.3 is 0 Å². The zero-order valence-electron chi connectivity index (χ0n) is 9.82. The molecule has 0 aliphatic rings. The molecule has 0 aliphatic carbocycles. The highest BCUT2D eigenvalue weighted by Gasteiger charge is 2.10. The van der Waals surface area contributed by atoms with E-state index in [1.54, 1.807) is 18.3 Å². The molecule has 1 aromatic heterocycles. The van der Waals surface area contributed by atoms with E-state index in [2.05, 4.69) is 34.9 Å². The van der Waals surface area contributed by atoms with Crippen LogP contribution in [-0.2, 0) is 6.54 Å². The SMILES string of the molecule is CC(C)Cn1cc(-c2cccc(Br)c2F)cn1. The van der Waals surface area contributed by atoms with E-state index in [0.29, 0.717) is 16.0 Å². The van der Waals surface area contributed by atoms with Crippen molar-refractivity contribution in [1.82, 2.24) is 9.78 Å². The van der Waals surface area contributed by atoms with Crippen molar-refractivity contribution in [2.24, 2.45) is 5.92 Å². The van der Waals surface area contributed by atoms with Crippen molar-refractivity contribution < 1.29 is 4.39 Å². The minimum absolute atomic E-state index is 0.239. The molecule has 4 heteroatoms. The summed E-state index contributed by atoms with van der Waals surface area (Å²) < 4.78 is 16.2. The summed E-state index contributed by atoms with van der Waals surface area (Å²) in [7, 11) is 0. The van der Waals surface area contributed by atoms with Crippen molar-refractivity contribution in [3.8, 4) is 11.1 Å². The first-order valence-electron chi connectivity index (χ1n) is 5.54. The average molecular weight is 297 g/mol. The Morgan fingerprint density at radius 1 is 1.41 bits per heavy atom. The maximum atomic E-state index is 13.9. The Kier molecular flexibility index (Phi) is 3.62. The molecular formula is C13H14BrFN2. The number of aromatic nitrogens is 2. The molecule has 0 aliphatic heterocycles. The molecule has 0 saturated carbocycles. The van der Waals surface area contributed by atoms with Crippen molar-refractivity contribution in [2.75, 3.05) is 0 Å². The number of hydrogen-bond acceptors (Lipinski definition) is 1. The third kappa shape index (κ3) is 2.75. The fraction of sp³-hybridized carbons (Fsp3) is 0.308. The van der Waals surface area contributed by atoms with Crippen LogP contribution in [0.15, 0.2) is 35.1 Å². The minimum Gasteiger partial charge on any atom is -0.272 e. The van der Waals surface area contributed by atoms with Crippen LogP contribution in [0.4, 0.5) is 4.39 Å². The van der Waals surface area contributed by atoms with Crippen molar-refractivity contribution >= 4 is 15.9 Å². The highest BCUT2D eigenvalue weighted by molar-refractivity contribution is 9.10. The summed E-state index contributed by atoms with van der Waals surface area (Å²) in [5.41, 5.74) is 1.39. The van der Waals surface area contributed by atoms with E-state index in [4.69, 9.17) is 0 Å². The Morgan fingerprint density at radius 3 is 2.88 bits per heavy atom.